The van der Waals surface area contributed by atoms with Crippen LogP contribution < -0.4 is 5.32 Å². The molecule has 0 saturated heterocycles. The molecule has 140 valence electrons. The first-order valence-corrected chi connectivity index (χ1v) is 14.0. The molecule has 0 aliphatic heterocycles. The van der Waals surface area contributed by atoms with Gasteiger partial charge in [0.2, 0.25) is 0 Å². The summed E-state index contributed by atoms with van der Waals surface area (Å²) in [6.07, 6.45) is 1.95. The predicted octanol–water partition coefficient (Wildman–Crippen LogP) is 3.50. The van der Waals surface area contributed by atoms with E-state index < -0.39 is 17.1 Å². The van der Waals surface area contributed by atoms with E-state index >= 15 is 0 Å². The summed E-state index contributed by atoms with van der Waals surface area (Å²) in [5, 5.41) is 3.80. The van der Waals surface area contributed by atoms with Gasteiger partial charge in [-0.05, 0) is 53.6 Å². The zero-order valence-corrected chi connectivity index (χ0v) is 18.5. The average molecular weight is 366 g/mol. The minimum absolute atomic E-state index is 0.222. The first kappa shape index (κ1) is 23.2. The molecule has 0 aliphatic rings. The number of nitrogens with one attached hydrogen (secondary N) is 1. The van der Waals surface area contributed by atoms with Crippen molar-refractivity contribution in [2.75, 3.05) is 26.4 Å². The molecule has 0 aromatic rings. The topological polar surface area (TPSA) is 49.0 Å². The van der Waals surface area contributed by atoms with Gasteiger partial charge in [-0.1, -0.05) is 13.8 Å². The fourth-order valence-corrected chi connectivity index (χ4v) is 9.08. The second-order valence-electron chi connectivity index (χ2n) is 5.85. The normalized spacial score (nSPS) is 15.7. The maximum Gasteiger partial charge on any atom is 0.352 e. The van der Waals surface area contributed by atoms with Crippen LogP contribution in [0, 0.1) is 0 Å². The molecule has 2 unspecified atom stereocenters. The zero-order chi connectivity index (χ0) is 17.9. The maximum atomic E-state index is 6.09. The Morgan fingerprint density at radius 3 is 1.04 bits per heavy atom. The van der Waals surface area contributed by atoms with E-state index in [0.717, 1.165) is 12.8 Å². The highest BCUT2D eigenvalue weighted by Crippen LogP contribution is 2.21. The Morgan fingerprint density at radius 2 is 0.870 bits per heavy atom. The Balaban J connectivity index is 5.28. The Hall–Kier alpha value is 0.234. The van der Waals surface area contributed by atoms with Crippen molar-refractivity contribution in [3.63, 3.8) is 0 Å². The molecule has 0 bridgehead atoms. The number of rotatable bonds is 14. The first-order chi connectivity index (χ1) is 10.9. The second kappa shape index (κ2) is 11.7. The van der Waals surface area contributed by atoms with Crippen LogP contribution in [0.4, 0.5) is 0 Å². The molecule has 0 fully saturated rings. The fourth-order valence-electron chi connectivity index (χ4n) is 3.15. The van der Waals surface area contributed by atoms with Crippen LogP contribution in [-0.4, -0.2) is 54.9 Å². The third-order valence-corrected chi connectivity index (χ3v) is 11.3. The highest BCUT2D eigenvalue weighted by molar-refractivity contribution is 6.69. The largest absolute Gasteiger partial charge is 0.394 e. The summed E-state index contributed by atoms with van der Waals surface area (Å²) in [5.74, 6) is 0. The molecule has 0 saturated carbocycles. The lowest BCUT2D eigenvalue weighted by Crippen LogP contribution is -2.66. The van der Waals surface area contributed by atoms with Gasteiger partial charge in [-0.3, -0.25) is 0 Å². The molecule has 23 heavy (non-hydrogen) atoms. The van der Waals surface area contributed by atoms with Crippen molar-refractivity contribution in [1.82, 2.24) is 5.32 Å². The molecule has 1 N–H and O–H groups in total. The van der Waals surface area contributed by atoms with E-state index in [9.17, 15) is 0 Å². The molecule has 0 amide bonds. The molecule has 0 aliphatic carbocycles. The van der Waals surface area contributed by atoms with Crippen LogP contribution >= 0.6 is 0 Å². The lowest BCUT2D eigenvalue weighted by molar-refractivity contribution is 0.157. The Labute approximate surface area is 145 Å². The van der Waals surface area contributed by atoms with Crippen molar-refractivity contribution in [2.45, 2.75) is 78.8 Å². The number of hydrogen-bond acceptors (Lipinski definition) is 5. The van der Waals surface area contributed by atoms with Gasteiger partial charge in [-0.25, -0.2) is 0 Å². The molecule has 0 spiro atoms. The SMILES string of the molecule is CCO[Si](C)(OCC)C(CC)NC(CC)[Si](C)(OCC)OCC. The quantitative estimate of drug-likeness (QED) is 0.477. The van der Waals surface area contributed by atoms with Crippen LogP contribution in [0.25, 0.3) is 0 Å². The average Bonchev–Trinajstić information content (AvgIpc) is 2.49. The minimum Gasteiger partial charge on any atom is -0.394 e. The van der Waals surface area contributed by atoms with E-state index in [0.29, 0.717) is 26.4 Å². The lowest BCUT2D eigenvalue weighted by Gasteiger charge is -2.40. The van der Waals surface area contributed by atoms with E-state index in [1.54, 1.807) is 0 Å². The fraction of sp³-hybridized carbons (Fsp3) is 1.00. The van der Waals surface area contributed by atoms with E-state index in [1.807, 2.05) is 27.7 Å². The molecule has 0 heterocycles. The van der Waals surface area contributed by atoms with Crippen molar-refractivity contribution >= 4 is 17.1 Å². The third kappa shape index (κ3) is 6.93. The summed E-state index contributed by atoms with van der Waals surface area (Å²) in [6, 6.07) is 0. The minimum atomic E-state index is -2.28. The molecule has 5 nitrogen and oxygen atoms in total. The molecule has 0 aromatic carbocycles. The molecule has 2 atom stereocenters. The van der Waals surface area contributed by atoms with Crippen molar-refractivity contribution < 1.29 is 17.7 Å². The van der Waals surface area contributed by atoms with Gasteiger partial charge < -0.3 is 23.0 Å². The Kier molecular flexibility index (Phi) is 11.8. The van der Waals surface area contributed by atoms with Gasteiger partial charge in [0.15, 0.2) is 0 Å². The summed E-state index contributed by atoms with van der Waals surface area (Å²) in [5.41, 5.74) is 0.445. The first-order valence-electron chi connectivity index (χ1n) is 9.19. The molecule has 0 rings (SSSR count). The third-order valence-electron chi connectivity index (χ3n) is 4.21. The number of hydrogen-bond donors (Lipinski definition) is 1. The van der Waals surface area contributed by atoms with E-state index in [4.69, 9.17) is 17.7 Å². The van der Waals surface area contributed by atoms with E-state index in [-0.39, 0.29) is 11.3 Å². The van der Waals surface area contributed by atoms with Crippen LogP contribution in [0.3, 0.4) is 0 Å². The summed E-state index contributed by atoms with van der Waals surface area (Å²) in [6.45, 7) is 19.6. The van der Waals surface area contributed by atoms with Crippen molar-refractivity contribution in [3.8, 4) is 0 Å². The van der Waals surface area contributed by atoms with Gasteiger partial charge in [0.1, 0.15) is 0 Å². The monoisotopic (exact) mass is 365 g/mol. The standard InChI is InChI=1S/C16H39NO4Si2/c1-9-15(22(7,18-11-3)19-12-4)17-16(10-2)23(8,20-13-5)21-14-6/h15-17H,9-14H2,1-8H3. The van der Waals surface area contributed by atoms with E-state index in [2.05, 4.69) is 32.3 Å². The Morgan fingerprint density at radius 1 is 0.609 bits per heavy atom. The van der Waals surface area contributed by atoms with Crippen LogP contribution in [0.5, 0.6) is 0 Å². The van der Waals surface area contributed by atoms with Crippen LogP contribution in [0.2, 0.25) is 13.1 Å². The van der Waals surface area contributed by atoms with Crippen LogP contribution in [0.1, 0.15) is 54.4 Å². The second-order valence-corrected chi connectivity index (χ2v) is 12.5. The summed E-state index contributed by atoms with van der Waals surface area (Å²) < 4.78 is 24.4. The van der Waals surface area contributed by atoms with Gasteiger partial charge >= 0.3 is 17.1 Å². The van der Waals surface area contributed by atoms with Gasteiger partial charge in [-0.15, -0.1) is 0 Å². The summed E-state index contributed by atoms with van der Waals surface area (Å²) in [7, 11) is -4.57. The molecular formula is C16H39NO4Si2. The van der Waals surface area contributed by atoms with Crippen LogP contribution in [0.15, 0.2) is 0 Å². The Bertz CT molecular complexity index is 268. The molecule has 0 aromatic heterocycles. The molecule has 0 radical (unpaired) electrons. The van der Waals surface area contributed by atoms with E-state index in [1.165, 1.54) is 0 Å². The van der Waals surface area contributed by atoms with Gasteiger partial charge in [-0.2, -0.15) is 0 Å². The highest BCUT2D eigenvalue weighted by atomic mass is 28.4. The predicted molar refractivity (Wildman–Crippen MR) is 101 cm³/mol. The van der Waals surface area contributed by atoms with Crippen LogP contribution in [-0.2, 0) is 17.7 Å². The van der Waals surface area contributed by atoms with Crippen molar-refractivity contribution in [1.29, 1.82) is 0 Å². The lowest BCUT2D eigenvalue weighted by atomic mass is 10.4. The smallest absolute Gasteiger partial charge is 0.352 e. The van der Waals surface area contributed by atoms with Gasteiger partial charge in [0.25, 0.3) is 0 Å². The van der Waals surface area contributed by atoms with Gasteiger partial charge in [0, 0.05) is 26.4 Å². The van der Waals surface area contributed by atoms with Crippen molar-refractivity contribution in [3.05, 3.63) is 0 Å². The molecular weight excluding hydrogens is 326 g/mol. The molecule has 7 heteroatoms. The summed E-state index contributed by atoms with van der Waals surface area (Å²) in [4.78, 5) is 0. The highest BCUT2D eigenvalue weighted by Gasteiger charge is 2.46. The zero-order valence-electron chi connectivity index (χ0n) is 16.5. The maximum absolute atomic E-state index is 6.09. The van der Waals surface area contributed by atoms with Crippen molar-refractivity contribution in [2.24, 2.45) is 0 Å². The summed E-state index contributed by atoms with van der Waals surface area (Å²) >= 11 is 0. The van der Waals surface area contributed by atoms with Gasteiger partial charge in [0.05, 0.1) is 11.3 Å².